The van der Waals surface area contributed by atoms with Crippen LogP contribution in [0.25, 0.3) is 165 Å². The molecule has 0 N–H and O–H groups in total. The Morgan fingerprint density at radius 3 is 0.533 bits per heavy atom. The largest absolute Gasteiger partial charge is 0.309 e. The van der Waals surface area contributed by atoms with E-state index in [1.54, 1.807) is 0 Å². The predicted octanol–water partition coefficient (Wildman–Crippen LogP) is 24.7. The Morgan fingerprint density at radius 1 is 0.130 bits per heavy atom. The highest BCUT2D eigenvalue weighted by Crippen LogP contribution is 2.48. The van der Waals surface area contributed by atoms with Gasteiger partial charge in [-0.25, -0.2) is 0 Å². The van der Waals surface area contributed by atoms with Crippen LogP contribution in [0.1, 0.15) is 0 Å². The first kappa shape index (κ1) is 54.1. The minimum absolute atomic E-state index is 1.17. The summed E-state index contributed by atoms with van der Waals surface area (Å²) < 4.78 is 4.76. The summed E-state index contributed by atoms with van der Waals surface area (Å²) in [6, 6.07) is 132. The van der Waals surface area contributed by atoms with E-state index in [0.29, 0.717) is 0 Å². The van der Waals surface area contributed by atoms with Crippen LogP contribution in [0, 0.1) is 0 Å². The van der Waals surface area contributed by atoms with E-state index < -0.39 is 0 Å². The van der Waals surface area contributed by atoms with Gasteiger partial charge in [-0.15, -0.1) is 0 Å². The summed E-state index contributed by atoms with van der Waals surface area (Å²) in [6.45, 7) is 0. The van der Waals surface area contributed by atoms with Crippen molar-refractivity contribution in [2.75, 3.05) is 0 Å². The Hall–Kier alpha value is -12.1. The van der Waals surface area contributed by atoms with Crippen molar-refractivity contribution in [2.24, 2.45) is 0 Å². The molecule has 2 heterocycles. The lowest BCUT2D eigenvalue weighted by Gasteiger charge is -2.21. The molecular formula is C90H60N2. The molecule has 92 heavy (non-hydrogen) atoms. The maximum Gasteiger partial charge on any atom is 0.0541 e. The van der Waals surface area contributed by atoms with Crippen LogP contribution in [0.15, 0.2) is 364 Å². The van der Waals surface area contributed by atoms with Gasteiger partial charge in [-0.3, -0.25) is 0 Å². The molecule has 0 unspecified atom stereocenters. The van der Waals surface area contributed by atoms with E-state index >= 15 is 0 Å². The first-order chi connectivity index (χ1) is 45.7. The van der Waals surface area contributed by atoms with Gasteiger partial charge in [0.05, 0.1) is 22.1 Å². The Kier molecular flexibility index (Phi) is 13.6. The summed E-state index contributed by atoms with van der Waals surface area (Å²) in [4.78, 5) is 0. The third-order valence-electron chi connectivity index (χ3n) is 18.6. The number of aromatic nitrogens is 2. The van der Waals surface area contributed by atoms with Gasteiger partial charge in [-0.05, 0) is 195 Å². The van der Waals surface area contributed by atoms with Gasteiger partial charge in [0.2, 0.25) is 0 Å². The van der Waals surface area contributed by atoms with Crippen molar-refractivity contribution in [3.05, 3.63) is 364 Å². The molecular weight excluding hydrogens is 1110 g/mol. The average molecular weight is 1170 g/mol. The average Bonchev–Trinajstić information content (AvgIpc) is 0.928. The van der Waals surface area contributed by atoms with Crippen molar-refractivity contribution in [3.8, 4) is 89.3 Å². The minimum Gasteiger partial charge on any atom is -0.309 e. The number of fused-ring (bicyclic) bond motifs is 12. The first-order valence-electron chi connectivity index (χ1n) is 31.7. The quantitative estimate of drug-likeness (QED) is 0.128. The molecule has 0 saturated heterocycles. The molecule has 2 heteroatoms. The highest BCUT2D eigenvalue weighted by Gasteiger charge is 2.22. The zero-order valence-corrected chi connectivity index (χ0v) is 50.5. The van der Waals surface area contributed by atoms with E-state index in [1.807, 2.05) is 0 Å². The molecule has 2 aromatic heterocycles. The van der Waals surface area contributed by atoms with Gasteiger partial charge in [0.25, 0.3) is 0 Å². The lowest BCUT2D eigenvalue weighted by atomic mass is 9.82. The molecule has 16 aromatic carbocycles. The van der Waals surface area contributed by atoms with Crippen LogP contribution in [0.3, 0.4) is 0 Å². The topological polar surface area (TPSA) is 9.86 Å². The van der Waals surface area contributed by atoms with Crippen LogP contribution in [0.2, 0.25) is 0 Å². The summed E-state index contributed by atoms with van der Waals surface area (Å²) in [5.41, 5.74) is 24.3. The van der Waals surface area contributed by atoms with E-state index in [1.165, 1.54) is 165 Å². The number of benzene rings is 16. The van der Waals surface area contributed by atoms with Crippen LogP contribution in [-0.4, -0.2) is 9.13 Å². The SMILES string of the molecule is c1cc(-c2cccc(-n3c4ccccc4c4ccccc43)c2)cc(-n2c3ccccc3c3ccccc32)c1.c1ccc(-c2cc3c4cc(-c5ccccc5)c(-c5ccccc5)cc4c4cc(-c5ccccc5)c(-c5ccccc5)cc4c3cc2-c2ccccc2)cc1. The van der Waals surface area contributed by atoms with Gasteiger partial charge in [0, 0.05) is 32.9 Å². The molecule has 0 atom stereocenters. The van der Waals surface area contributed by atoms with Gasteiger partial charge in [0.1, 0.15) is 0 Å². The van der Waals surface area contributed by atoms with Crippen molar-refractivity contribution >= 4 is 75.9 Å². The van der Waals surface area contributed by atoms with E-state index in [0.717, 1.165) is 0 Å². The van der Waals surface area contributed by atoms with Gasteiger partial charge in [-0.2, -0.15) is 0 Å². The molecule has 0 amide bonds. The second-order valence-electron chi connectivity index (χ2n) is 23.9. The Bertz CT molecular complexity index is 4950. The van der Waals surface area contributed by atoms with Gasteiger partial charge < -0.3 is 9.13 Å². The zero-order valence-electron chi connectivity index (χ0n) is 50.5. The molecule has 0 aliphatic carbocycles. The fourth-order valence-electron chi connectivity index (χ4n) is 14.3. The highest BCUT2D eigenvalue weighted by atomic mass is 15.0. The lowest BCUT2D eigenvalue weighted by molar-refractivity contribution is 1.17. The molecule has 0 bridgehead atoms. The van der Waals surface area contributed by atoms with Crippen LogP contribution < -0.4 is 0 Å². The lowest BCUT2D eigenvalue weighted by Crippen LogP contribution is -1.95. The summed E-state index contributed by atoms with van der Waals surface area (Å²) >= 11 is 0. The van der Waals surface area contributed by atoms with E-state index in [2.05, 4.69) is 373 Å². The second-order valence-corrected chi connectivity index (χ2v) is 23.9. The number of hydrogen-bond donors (Lipinski definition) is 0. The first-order valence-corrected chi connectivity index (χ1v) is 31.7. The molecule has 430 valence electrons. The molecule has 0 radical (unpaired) electrons. The Morgan fingerprint density at radius 2 is 0.315 bits per heavy atom. The fourth-order valence-corrected chi connectivity index (χ4v) is 14.3. The Balaban J connectivity index is 0.000000149. The van der Waals surface area contributed by atoms with Crippen LogP contribution in [0.5, 0.6) is 0 Å². The summed E-state index contributed by atoms with van der Waals surface area (Å²) in [5, 5.41) is 12.6. The van der Waals surface area contributed by atoms with Crippen molar-refractivity contribution < 1.29 is 0 Å². The van der Waals surface area contributed by atoms with Crippen molar-refractivity contribution in [1.82, 2.24) is 9.13 Å². The van der Waals surface area contributed by atoms with Crippen LogP contribution >= 0.6 is 0 Å². The third kappa shape index (κ3) is 9.53. The monoisotopic (exact) mass is 1170 g/mol. The van der Waals surface area contributed by atoms with Crippen molar-refractivity contribution in [3.63, 3.8) is 0 Å². The summed E-state index contributed by atoms with van der Waals surface area (Å²) in [5.74, 6) is 0. The fraction of sp³-hybridized carbons (Fsp3) is 0. The molecule has 2 nitrogen and oxygen atoms in total. The third-order valence-corrected chi connectivity index (χ3v) is 18.6. The van der Waals surface area contributed by atoms with Gasteiger partial charge >= 0.3 is 0 Å². The summed E-state index contributed by atoms with van der Waals surface area (Å²) in [7, 11) is 0. The molecule has 0 fully saturated rings. The maximum absolute atomic E-state index is 2.46. The van der Waals surface area contributed by atoms with E-state index in [9.17, 15) is 0 Å². The molecule has 0 aliphatic rings. The highest BCUT2D eigenvalue weighted by molar-refractivity contribution is 6.29. The number of hydrogen-bond acceptors (Lipinski definition) is 0. The summed E-state index contributed by atoms with van der Waals surface area (Å²) in [6.07, 6.45) is 0. The number of para-hydroxylation sites is 4. The zero-order chi connectivity index (χ0) is 60.9. The maximum atomic E-state index is 2.46. The van der Waals surface area contributed by atoms with Crippen molar-refractivity contribution in [2.45, 2.75) is 0 Å². The molecule has 18 rings (SSSR count). The number of rotatable bonds is 9. The van der Waals surface area contributed by atoms with Crippen LogP contribution in [0.4, 0.5) is 0 Å². The molecule has 0 aliphatic heterocycles. The van der Waals surface area contributed by atoms with Crippen molar-refractivity contribution in [1.29, 1.82) is 0 Å². The Labute approximate surface area is 535 Å². The van der Waals surface area contributed by atoms with Gasteiger partial charge in [0.15, 0.2) is 0 Å². The normalized spacial score (nSPS) is 11.5. The molecule has 0 saturated carbocycles. The van der Waals surface area contributed by atoms with E-state index in [4.69, 9.17) is 0 Å². The van der Waals surface area contributed by atoms with E-state index in [-0.39, 0.29) is 0 Å². The van der Waals surface area contributed by atoms with Gasteiger partial charge in [-0.1, -0.05) is 279 Å². The standard InChI is InChI=1S/C54H36.C36H24N2/c1-7-19-37(20-8-1)43-31-49-50(32-44(43)38-21-9-2-10-22-38)52-34-46(40-25-13-4-14-26-40)48(42-29-17-6-18-30-42)36-54(52)53-35-47(41-27-15-5-16-28-41)45(33-51(49)53)39-23-11-3-12-24-39;1-5-19-33-29(15-1)30-16-2-6-20-34(30)37(33)27-13-9-11-25(23-27)26-12-10-14-28(24-26)38-35-21-7-3-17-31(35)32-18-4-8-22-36(32)38/h1-36H;1-24H. The predicted molar refractivity (Wildman–Crippen MR) is 392 cm³/mol. The molecule has 0 spiro atoms. The molecule has 18 aromatic rings. The minimum atomic E-state index is 1.17. The second kappa shape index (κ2) is 23.1. The van der Waals surface area contributed by atoms with Crippen LogP contribution in [-0.2, 0) is 0 Å². The smallest absolute Gasteiger partial charge is 0.0541 e. The number of nitrogens with zero attached hydrogens (tertiary/aromatic N) is 2.